The molecule has 0 saturated heterocycles. The summed E-state index contributed by atoms with van der Waals surface area (Å²) in [6.45, 7) is 3.50. The molecule has 1 aliphatic carbocycles. The summed E-state index contributed by atoms with van der Waals surface area (Å²) in [6.07, 6.45) is 2.84. The first-order valence-electron chi connectivity index (χ1n) is 11.5. The Morgan fingerprint density at radius 1 is 1.11 bits per heavy atom. The van der Waals surface area contributed by atoms with E-state index in [1.165, 1.54) is 6.33 Å². The van der Waals surface area contributed by atoms with E-state index < -0.39 is 0 Å². The maximum Gasteiger partial charge on any atom is 0.296 e. The van der Waals surface area contributed by atoms with Crippen molar-refractivity contribution >= 4 is 34.5 Å². The number of benzene rings is 1. The minimum atomic E-state index is -0.277. The number of nitrogen functional groups attached to an aromatic ring is 1. The van der Waals surface area contributed by atoms with Crippen molar-refractivity contribution in [2.45, 2.75) is 38.8 Å². The van der Waals surface area contributed by atoms with E-state index >= 15 is 0 Å². The van der Waals surface area contributed by atoms with Crippen molar-refractivity contribution in [2.75, 3.05) is 11.1 Å². The zero-order valence-electron chi connectivity index (χ0n) is 19.8. The highest BCUT2D eigenvalue weighted by Gasteiger charge is 2.34. The normalized spacial score (nSPS) is 16.5. The quantitative estimate of drug-likeness (QED) is 0.373. The molecule has 0 unspecified atom stereocenters. The van der Waals surface area contributed by atoms with Crippen LogP contribution in [0.5, 0.6) is 0 Å². The molecule has 0 radical (unpaired) electrons. The van der Waals surface area contributed by atoms with Crippen LogP contribution in [0.2, 0.25) is 0 Å². The Morgan fingerprint density at radius 3 is 2.61 bits per heavy atom. The molecule has 3 aromatic heterocycles. The molecule has 0 spiro atoms. The molecule has 36 heavy (non-hydrogen) atoms. The van der Waals surface area contributed by atoms with Crippen LogP contribution in [-0.4, -0.2) is 42.6 Å². The number of hydrogen-bond donors (Lipinski definition) is 3. The molecule has 3 heterocycles. The van der Waals surface area contributed by atoms with Crippen molar-refractivity contribution in [2.24, 2.45) is 0 Å². The number of pyridine rings is 1. The third kappa shape index (κ3) is 4.46. The van der Waals surface area contributed by atoms with Crippen molar-refractivity contribution in [3.8, 4) is 23.1 Å². The van der Waals surface area contributed by atoms with Gasteiger partial charge in [0.25, 0.3) is 11.8 Å². The molecule has 4 aromatic rings. The average Bonchev–Trinajstić information content (AvgIpc) is 3.22. The van der Waals surface area contributed by atoms with Gasteiger partial charge in [-0.2, -0.15) is 5.10 Å². The zero-order chi connectivity index (χ0) is 25.2. The molecule has 10 nitrogen and oxygen atoms in total. The number of aromatic nitrogens is 5. The smallest absolute Gasteiger partial charge is 0.296 e. The maximum atomic E-state index is 12.7. The van der Waals surface area contributed by atoms with E-state index in [-0.39, 0.29) is 23.9 Å². The van der Waals surface area contributed by atoms with E-state index in [1.54, 1.807) is 25.1 Å². The molecule has 0 atom stereocenters. The lowest BCUT2D eigenvalue weighted by atomic mass is 9.87. The average molecular weight is 481 g/mol. The molecule has 5 rings (SSSR count). The SMILES string of the molecule is CC#CC(=O)N[C@H]1C[C@@H](n2nc(-c3ccc(C(=O)Nc4cccc(C)n4)cc3)c3c(N)ncnc32)C1. The predicted octanol–water partition coefficient (Wildman–Crippen LogP) is 2.87. The van der Waals surface area contributed by atoms with Crippen LogP contribution in [0.25, 0.3) is 22.3 Å². The van der Waals surface area contributed by atoms with Gasteiger partial charge in [-0.3, -0.25) is 9.59 Å². The molecular formula is C26H24N8O2. The van der Waals surface area contributed by atoms with E-state index in [2.05, 4.69) is 37.4 Å². The second kappa shape index (κ2) is 9.46. The first-order chi connectivity index (χ1) is 17.4. The number of nitrogens with one attached hydrogen (secondary N) is 2. The molecule has 1 saturated carbocycles. The molecular weight excluding hydrogens is 456 g/mol. The first kappa shape index (κ1) is 23.0. The third-order valence-electron chi connectivity index (χ3n) is 6.10. The fourth-order valence-corrected chi connectivity index (χ4v) is 4.27. The fraction of sp³-hybridized carbons (Fsp3) is 0.231. The van der Waals surface area contributed by atoms with E-state index in [1.807, 2.05) is 35.9 Å². The third-order valence-corrected chi connectivity index (χ3v) is 6.10. The minimum Gasteiger partial charge on any atom is -0.383 e. The van der Waals surface area contributed by atoms with Crippen LogP contribution in [0.15, 0.2) is 48.8 Å². The lowest BCUT2D eigenvalue weighted by Crippen LogP contribution is -2.44. The van der Waals surface area contributed by atoms with Crippen LogP contribution >= 0.6 is 0 Å². The van der Waals surface area contributed by atoms with Gasteiger partial charge in [-0.1, -0.05) is 24.1 Å². The number of rotatable bonds is 5. The molecule has 180 valence electrons. The lowest BCUT2D eigenvalue weighted by molar-refractivity contribution is -0.117. The molecule has 2 amide bonds. The zero-order valence-corrected chi connectivity index (χ0v) is 19.8. The topological polar surface area (TPSA) is 141 Å². The van der Waals surface area contributed by atoms with Gasteiger partial charge in [-0.25, -0.2) is 19.6 Å². The fourth-order valence-electron chi connectivity index (χ4n) is 4.27. The number of carbonyl (C=O) groups is 2. The molecule has 0 bridgehead atoms. The number of anilines is 2. The summed E-state index contributed by atoms with van der Waals surface area (Å²) in [7, 11) is 0. The van der Waals surface area contributed by atoms with Gasteiger partial charge in [0.15, 0.2) is 5.65 Å². The van der Waals surface area contributed by atoms with Crippen LogP contribution in [0.3, 0.4) is 0 Å². The van der Waals surface area contributed by atoms with Crippen LogP contribution in [0.1, 0.15) is 41.9 Å². The van der Waals surface area contributed by atoms with Crippen molar-refractivity contribution in [1.82, 2.24) is 30.0 Å². The molecule has 1 fully saturated rings. The Kier molecular flexibility index (Phi) is 6.04. The summed E-state index contributed by atoms with van der Waals surface area (Å²) in [5, 5.41) is 11.2. The number of nitrogens with two attached hydrogens (primary N) is 1. The van der Waals surface area contributed by atoms with Gasteiger partial charge in [0.1, 0.15) is 23.7 Å². The number of nitrogens with zero attached hydrogens (tertiary/aromatic N) is 5. The number of aryl methyl sites for hydroxylation is 1. The summed E-state index contributed by atoms with van der Waals surface area (Å²) >= 11 is 0. The van der Waals surface area contributed by atoms with Gasteiger partial charge in [0.2, 0.25) is 0 Å². The summed E-state index contributed by atoms with van der Waals surface area (Å²) in [5.41, 5.74) is 9.59. The molecule has 10 heteroatoms. The van der Waals surface area contributed by atoms with Gasteiger partial charge < -0.3 is 16.4 Å². The van der Waals surface area contributed by atoms with Gasteiger partial charge >= 0.3 is 0 Å². The Balaban J connectivity index is 1.39. The minimum absolute atomic E-state index is 0.0333. The highest BCUT2D eigenvalue weighted by molar-refractivity contribution is 6.04. The van der Waals surface area contributed by atoms with Gasteiger partial charge in [-0.05, 0) is 56.9 Å². The highest BCUT2D eigenvalue weighted by Crippen LogP contribution is 2.38. The van der Waals surface area contributed by atoms with Crippen molar-refractivity contribution in [3.63, 3.8) is 0 Å². The van der Waals surface area contributed by atoms with Gasteiger partial charge in [0, 0.05) is 22.9 Å². The van der Waals surface area contributed by atoms with E-state index in [4.69, 9.17) is 10.8 Å². The summed E-state index contributed by atoms with van der Waals surface area (Å²) < 4.78 is 1.85. The van der Waals surface area contributed by atoms with Crippen LogP contribution in [-0.2, 0) is 4.79 Å². The van der Waals surface area contributed by atoms with Crippen LogP contribution in [0.4, 0.5) is 11.6 Å². The molecule has 1 aliphatic rings. The Morgan fingerprint density at radius 2 is 1.89 bits per heavy atom. The lowest BCUT2D eigenvalue weighted by Gasteiger charge is -2.35. The maximum absolute atomic E-state index is 12.7. The molecule has 4 N–H and O–H groups in total. The summed E-state index contributed by atoms with van der Waals surface area (Å²) in [5.74, 6) is 5.39. The van der Waals surface area contributed by atoms with Crippen molar-refractivity contribution < 1.29 is 9.59 Å². The van der Waals surface area contributed by atoms with E-state index in [0.29, 0.717) is 46.8 Å². The van der Waals surface area contributed by atoms with Crippen LogP contribution < -0.4 is 16.4 Å². The Labute approximate surface area is 207 Å². The molecule has 1 aromatic carbocycles. The number of fused-ring (bicyclic) bond motifs is 1. The largest absolute Gasteiger partial charge is 0.383 e. The number of carbonyl (C=O) groups excluding carboxylic acids is 2. The van der Waals surface area contributed by atoms with Crippen LogP contribution in [0, 0.1) is 18.8 Å². The Hall–Kier alpha value is -4.78. The standard InChI is InChI=1S/C26H24N8O2/c1-3-5-21(35)31-18-12-19(13-18)34-25-22(24(27)28-14-29-25)23(33-34)16-8-10-17(11-9-16)26(36)32-20-7-4-6-15(2)30-20/h4,6-11,14,18-19H,12-13H2,1-2H3,(H,31,35)(H2,27,28,29)(H,30,32,36)/t18-,19+. The summed E-state index contributed by atoms with van der Waals surface area (Å²) in [4.78, 5) is 37.3. The van der Waals surface area contributed by atoms with Crippen molar-refractivity contribution in [3.05, 3.63) is 60.0 Å². The monoisotopic (exact) mass is 480 g/mol. The summed E-state index contributed by atoms with van der Waals surface area (Å²) in [6, 6.07) is 12.7. The second-order valence-electron chi connectivity index (χ2n) is 8.62. The van der Waals surface area contributed by atoms with E-state index in [9.17, 15) is 9.59 Å². The van der Waals surface area contributed by atoms with Gasteiger partial charge in [-0.15, -0.1) is 0 Å². The number of hydrogen-bond acceptors (Lipinski definition) is 7. The van der Waals surface area contributed by atoms with Gasteiger partial charge in [0.05, 0.1) is 11.4 Å². The predicted molar refractivity (Wildman–Crippen MR) is 136 cm³/mol. The van der Waals surface area contributed by atoms with Crippen molar-refractivity contribution in [1.29, 1.82) is 0 Å². The highest BCUT2D eigenvalue weighted by atomic mass is 16.2. The second-order valence-corrected chi connectivity index (χ2v) is 8.62. The number of amides is 2. The Bertz CT molecular complexity index is 1530. The molecule has 0 aliphatic heterocycles. The first-order valence-corrected chi connectivity index (χ1v) is 11.5. The van der Waals surface area contributed by atoms with E-state index in [0.717, 1.165) is 11.3 Å².